The van der Waals surface area contributed by atoms with E-state index in [0.717, 1.165) is 11.8 Å². The Labute approximate surface area is 193 Å². The van der Waals surface area contributed by atoms with Crippen LogP contribution in [0.15, 0.2) is 76.2 Å². The normalized spacial score (nSPS) is 12.4. The average Bonchev–Trinajstić information content (AvgIpc) is 3.30. The topological polar surface area (TPSA) is 109 Å². The van der Waals surface area contributed by atoms with Crippen LogP contribution in [-0.2, 0) is 21.2 Å². The van der Waals surface area contributed by atoms with Crippen LogP contribution in [0.3, 0.4) is 0 Å². The molecular weight excluding hydrogens is 442 g/mol. The molecule has 0 aliphatic carbocycles. The molecule has 174 valence electrons. The zero-order valence-corrected chi connectivity index (χ0v) is 19.6. The number of nitrogens with zero attached hydrogens (tertiary/aromatic N) is 1. The van der Waals surface area contributed by atoms with Crippen molar-refractivity contribution in [2.75, 3.05) is 25.2 Å². The van der Waals surface area contributed by atoms with Crippen LogP contribution in [0.2, 0.25) is 0 Å². The fourth-order valence-electron chi connectivity index (χ4n) is 3.27. The zero-order chi connectivity index (χ0) is 24.0. The summed E-state index contributed by atoms with van der Waals surface area (Å²) < 4.78 is 28.5. The van der Waals surface area contributed by atoms with Gasteiger partial charge in [0.2, 0.25) is 5.91 Å². The second-order valence-electron chi connectivity index (χ2n) is 7.79. The minimum absolute atomic E-state index is 0.0807. The molecule has 2 N–H and O–H groups in total. The first-order valence-corrected chi connectivity index (χ1v) is 12.2. The van der Waals surface area contributed by atoms with Crippen LogP contribution >= 0.6 is 0 Å². The van der Waals surface area contributed by atoms with Gasteiger partial charge in [-0.05, 0) is 55.9 Å². The van der Waals surface area contributed by atoms with Crippen LogP contribution in [0.25, 0.3) is 0 Å². The maximum atomic E-state index is 12.7. The van der Waals surface area contributed by atoms with Crippen LogP contribution in [0.5, 0.6) is 0 Å². The Hall–Kier alpha value is -3.43. The molecule has 1 unspecified atom stereocenters. The second kappa shape index (κ2) is 10.5. The monoisotopic (exact) mass is 469 g/mol. The summed E-state index contributed by atoms with van der Waals surface area (Å²) in [4.78, 5) is 27.4. The first-order chi connectivity index (χ1) is 15.6. The van der Waals surface area contributed by atoms with Crippen molar-refractivity contribution in [3.63, 3.8) is 0 Å². The highest BCUT2D eigenvalue weighted by Gasteiger charge is 2.18. The number of benzene rings is 2. The van der Waals surface area contributed by atoms with Crippen molar-refractivity contribution in [1.82, 2.24) is 10.2 Å². The van der Waals surface area contributed by atoms with E-state index in [4.69, 9.17) is 4.42 Å². The van der Waals surface area contributed by atoms with Crippen LogP contribution in [-0.4, -0.2) is 45.0 Å². The van der Waals surface area contributed by atoms with Gasteiger partial charge in [-0.15, -0.1) is 0 Å². The first-order valence-electron chi connectivity index (χ1n) is 10.3. The van der Waals surface area contributed by atoms with Crippen molar-refractivity contribution >= 4 is 27.3 Å². The molecule has 9 heteroatoms. The van der Waals surface area contributed by atoms with E-state index in [-0.39, 0.29) is 35.8 Å². The number of carbonyl (C=O) groups excluding carboxylic acids is 2. The lowest BCUT2D eigenvalue weighted by atomic mass is 10.1. The molecule has 3 rings (SSSR count). The smallest absolute Gasteiger partial charge is 0.253 e. The van der Waals surface area contributed by atoms with Gasteiger partial charge in [-0.2, -0.15) is 0 Å². The third kappa shape index (κ3) is 6.53. The van der Waals surface area contributed by atoms with Gasteiger partial charge >= 0.3 is 0 Å². The van der Waals surface area contributed by atoms with Gasteiger partial charge in [-0.3, -0.25) is 14.5 Å². The molecule has 0 spiro atoms. The molecule has 3 aromatic rings. The number of anilines is 1. The Morgan fingerprint density at radius 3 is 2.36 bits per heavy atom. The third-order valence-corrected chi connectivity index (χ3v) is 6.42. The Morgan fingerprint density at radius 1 is 1.03 bits per heavy atom. The average molecular weight is 470 g/mol. The summed E-state index contributed by atoms with van der Waals surface area (Å²) >= 11 is 0. The van der Waals surface area contributed by atoms with Crippen molar-refractivity contribution in [2.45, 2.75) is 24.4 Å². The highest BCUT2D eigenvalue weighted by Crippen LogP contribution is 2.21. The fraction of sp³-hybridized carbons (Fsp3) is 0.250. The molecule has 0 aliphatic rings. The molecule has 0 saturated heterocycles. The summed E-state index contributed by atoms with van der Waals surface area (Å²) in [5, 5.41) is 5.58. The predicted molar refractivity (Wildman–Crippen MR) is 126 cm³/mol. The van der Waals surface area contributed by atoms with Crippen LogP contribution < -0.4 is 10.6 Å². The Balaban J connectivity index is 1.61. The molecule has 8 nitrogen and oxygen atoms in total. The largest absolute Gasteiger partial charge is 0.467 e. The lowest BCUT2D eigenvalue weighted by Gasteiger charge is -2.25. The Bertz CT molecular complexity index is 1210. The molecule has 0 radical (unpaired) electrons. The molecule has 0 saturated carbocycles. The highest BCUT2D eigenvalue weighted by molar-refractivity contribution is 7.90. The van der Waals surface area contributed by atoms with Gasteiger partial charge in [0.1, 0.15) is 5.76 Å². The molecule has 2 aromatic carbocycles. The molecular formula is C24H27N3O5S. The van der Waals surface area contributed by atoms with Gasteiger partial charge in [0, 0.05) is 12.3 Å². The Kier molecular flexibility index (Phi) is 7.67. The molecule has 0 aliphatic heterocycles. The van der Waals surface area contributed by atoms with E-state index >= 15 is 0 Å². The summed E-state index contributed by atoms with van der Waals surface area (Å²) in [6.45, 7) is 2.25. The molecule has 0 fully saturated rings. The van der Waals surface area contributed by atoms with Crippen molar-refractivity contribution in [2.24, 2.45) is 0 Å². The molecule has 1 heterocycles. The van der Waals surface area contributed by atoms with E-state index in [2.05, 4.69) is 10.6 Å². The Morgan fingerprint density at radius 2 is 1.73 bits per heavy atom. The summed E-state index contributed by atoms with van der Waals surface area (Å²) in [7, 11) is -1.46. The molecule has 33 heavy (non-hydrogen) atoms. The van der Waals surface area contributed by atoms with Gasteiger partial charge in [0.25, 0.3) is 5.91 Å². The standard InChI is InChI=1S/C24H27N3O5S/c1-17(18-10-12-20(13-11-18)33(3,30)31)27(2)16-23(28)26-22-9-5-4-8-21(22)24(29)25-15-19-7-6-14-32-19/h4-14,17H,15-16H2,1-3H3,(H,25,29)(H,26,28). The molecule has 1 atom stereocenters. The first kappa shape index (κ1) is 24.2. The number of sulfone groups is 1. The van der Waals surface area contributed by atoms with E-state index in [0.29, 0.717) is 17.0 Å². The number of hydrogen-bond acceptors (Lipinski definition) is 6. The van der Waals surface area contributed by atoms with Gasteiger partial charge in [0.15, 0.2) is 9.84 Å². The van der Waals surface area contributed by atoms with Crippen molar-refractivity contribution in [1.29, 1.82) is 0 Å². The number of amides is 2. The van der Waals surface area contributed by atoms with E-state index in [1.165, 1.54) is 6.26 Å². The number of furan rings is 1. The van der Waals surface area contributed by atoms with Crippen molar-refractivity contribution in [3.05, 3.63) is 83.8 Å². The number of para-hydroxylation sites is 1. The molecule has 1 aromatic heterocycles. The van der Waals surface area contributed by atoms with E-state index in [1.807, 2.05) is 11.8 Å². The quantitative estimate of drug-likeness (QED) is 0.498. The highest BCUT2D eigenvalue weighted by atomic mass is 32.2. The van der Waals surface area contributed by atoms with E-state index in [9.17, 15) is 18.0 Å². The predicted octanol–water partition coefficient (Wildman–Crippen LogP) is 3.24. The van der Waals surface area contributed by atoms with Crippen molar-refractivity contribution < 1.29 is 22.4 Å². The van der Waals surface area contributed by atoms with E-state index in [1.54, 1.807) is 67.7 Å². The zero-order valence-electron chi connectivity index (χ0n) is 18.7. The number of likely N-dealkylation sites (N-methyl/N-ethyl adjacent to an activating group) is 1. The summed E-state index contributed by atoms with van der Waals surface area (Å²) in [6.07, 6.45) is 2.70. The molecule has 0 bridgehead atoms. The van der Waals surface area contributed by atoms with Gasteiger partial charge in [0.05, 0.1) is 35.5 Å². The minimum Gasteiger partial charge on any atom is -0.467 e. The second-order valence-corrected chi connectivity index (χ2v) is 9.80. The number of rotatable bonds is 9. The van der Waals surface area contributed by atoms with E-state index < -0.39 is 9.84 Å². The maximum absolute atomic E-state index is 12.7. The fourth-order valence-corrected chi connectivity index (χ4v) is 3.90. The lowest BCUT2D eigenvalue weighted by molar-refractivity contribution is -0.117. The summed E-state index contributed by atoms with van der Waals surface area (Å²) in [6, 6.07) is 16.8. The van der Waals surface area contributed by atoms with Gasteiger partial charge < -0.3 is 15.1 Å². The summed E-state index contributed by atoms with van der Waals surface area (Å²) in [5.41, 5.74) is 1.65. The third-order valence-electron chi connectivity index (χ3n) is 5.29. The maximum Gasteiger partial charge on any atom is 0.253 e. The van der Waals surface area contributed by atoms with Gasteiger partial charge in [-0.1, -0.05) is 24.3 Å². The number of carbonyl (C=O) groups is 2. The number of hydrogen-bond donors (Lipinski definition) is 2. The molecule has 2 amide bonds. The van der Waals surface area contributed by atoms with Gasteiger partial charge in [-0.25, -0.2) is 8.42 Å². The van der Waals surface area contributed by atoms with Crippen molar-refractivity contribution in [3.8, 4) is 0 Å². The van der Waals surface area contributed by atoms with Crippen LogP contribution in [0.1, 0.15) is 34.6 Å². The SMILES string of the molecule is CC(c1ccc(S(C)(=O)=O)cc1)N(C)CC(=O)Nc1ccccc1C(=O)NCc1ccco1. The number of nitrogens with one attached hydrogen (secondary N) is 2. The minimum atomic E-state index is -3.26. The lowest BCUT2D eigenvalue weighted by Crippen LogP contribution is -2.33. The van der Waals surface area contributed by atoms with Crippen LogP contribution in [0, 0.1) is 0 Å². The summed E-state index contributed by atoms with van der Waals surface area (Å²) in [5.74, 6) is 0.0310. The van der Waals surface area contributed by atoms with Crippen LogP contribution in [0.4, 0.5) is 5.69 Å².